The number of aliphatic hydroxyl groups excluding tert-OH is 1. The highest BCUT2D eigenvalue weighted by Gasteiger charge is 2.21. The van der Waals surface area contributed by atoms with Crippen molar-refractivity contribution in [3.8, 4) is 5.75 Å². The van der Waals surface area contributed by atoms with Crippen molar-refractivity contribution in [2.75, 3.05) is 0 Å². The molecule has 1 aromatic rings. The lowest BCUT2D eigenvalue weighted by molar-refractivity contribution is 0.374. The summed E-state index contributed by atoms with van der Waals surface area (Å²) >= 11 is 0. The van der Waals surface area contributed by atoms with Crippen LogP contribution in [0.1, 0.15) is 31.2 Å². The first-order chi connectivity index (χ1) is 10.7. The Bertz CT molecular complexity index is 687. The number of phenolic OH excluding ortho intramolecular Hbond substituents is 1. The smallest absolute Gasteiger partial charge is 0.448 e. The zero-order valence-electron chi connectivity index (χ0n) is 12.7. The molecule has 0 spiro atoms. The first-order valence-corrected chi connectivity index (χ1v) is 8.84. The van der Waals surface area contributed by atoms with Crippen LogP contribution in [0.5, 0.6) is 5.75 Å². The van der Waals surface area contributed by atoms with Crippen molar-refractivity contribution in [3.63, 3.8) is 0 Å². The Balaban J connectivity index is 2.07. The van der Waals surface area contributed by atoms with E-state index in [1.165, 1.54) is 12.2 Å². The van der Waals surface area contributed by atoms with Crippen LogP contribution in [-0.4, -0.2) is 25.7 Å². The summed E-state index contributed by atoms with van der Waals surface area (Å²) in [7, 11) is -4.50. The Morgan fingerprint density at radius 3 is 2.43 bits per heavy atom. The van der Waals surface area contributed by atoms with Crippen molar-refractivity contribution in [1.82, 2.24) is 0 Å². The van der Waals surface area contributed by atoms with Crippen LogP contribution >= 0.6 is 7.75 Å². The minimum atomic E-state index is -4.50. The third-order valence-electron chi connectivity index (χ3n) is 3.80. The molecule has 0 saturated heterocycles. The molecule has 0 aromatic heterocycles. The Morgan fingerprint density at radius 2 is 1.83 bits per heavy atom. The van der Waals surface area contributed by atoms with Gasteiger partial charge in [-0.15, -0.1) is 0 Å². The Kier molecular flexibility index (Phi) is 5.42. The summed E-state index contributed by atoms with van der Waals surface area (Å²) in [6, 6.07) is 6.95. The maximum Gasteiger partial charge on any atom is 0.448 e. The second-order valence-electron chi connectivity index (χ2n) is 5.64. The molecule has 23 heavy (non-hydrogen) atoms. The van der Waals surface area contributed by atoms with Gasteiger partial charge in [-0.1, -0.05) is 19.1 Å². The van der Waals surface area contributed by atoms with Gasteiger partial charge in [-0.25, -0.2) is 4.57 Å². The number of hydrogen-bond donors (Lipinski definition) is 4. The molecule has 1 aromatic carbocycles. The van der Waals surface area contributed by atoms with Crippen molar-refractivity contribution < 1.29 is 24.6 Å². The second kappa shape index (κ2) is 7.13. The van der Waals surface area contributed by atoms with Crippen LogP contribution in [0.3, 0.4) is 0 Å². The summed E-state index contributed by atoms with van der Waals surface area (Å²) in [6.45, 7) is 2.04. The molecule has 0 aliphatic heterocycles. The third-order valence-corrected chi connectivity index (χ3v) is 4.29. The third kappa shape index (κ3) is 5.36. The summed E-state index contributed by atoms with van der Waals surface area (Å²) in [4.78, 5) is 18.0. The fourth-order valence-corrected chi connectivity index (χ4v) is 3.05. The largest absolute Gasteiger partial charge is 0.508 e. The van der Waals surface area contributed by atoms with Gasteiger partial charge in [0, 0.05) is 5.92 Å². The first kappa shape index (κ1) is 17.5. The summed E-state index contributed by atoms with van der Waals surface area (Å²) < 4.78 is 14.5. The topological polar surface area (TPSA) is 110 Å². The van der Waals surface area contributed by atoms with Crippen LogP contribution in [0.25, 0.3) is 0 Å². The summed E-state index contributed by atoms with van der Waals surface area (Å²) in [6.07, 6.45) is 5.69. The number of hydrogen-bond acceptors (Lipinski definition) is 3. The molecule has 4 N–H and O–H groups in total. The molecule has 2 rings (SSSR count). The molecule has 2 unspecified atom stereocenters. The Morgan fingerprint density at radius 1 is 1.17 bits per heavy atom. The predicted octanol–water partition coefficient (Wildman–Crippen LogP) is 3.44. The van der Waals surface area contributed by atoms with E-state index in [1.54, 1.807) is 18.2 Å². The van der Waals surface area contributed by atoms with E-state index in [0.717, 1.165) is 12.0 Å². The van der Waals surface area contributed by atoms with Crippen LogP contribution in [0.15, 0.2) is 53.0 Å². The van der Waals surface area contributed by atoms with Crippen LogP contribution in [0.2, 0.25) is 0 Å². The van der Waals surface area contributed by atoms with Crippen LogP contribution < -0.4 is 0 Å². The molecule has 0 bridgehead atoms. The minimum absolute atomic E-state index is 0.0666. The highest BCUT2D eigenvalue weighted by Crippen LogP contribution is 2.38. The van der Waals surface area contributed by atoms with Crippen molar-refractivity contribution in [3.05, 3.63) is 53.8 Å². The first-order valence-electron chi connectivity index (χ1n) is 7.28. The fourth-order valence-electron chi connectivity index (χ4n) is 2.53. The number of benzene rings is 1. The molecule has 1 aliphatic rings. The summed E-state index contributed by atoms with van der Waals surface area (Å²) in [5, 5.41) is 18.9. The zero-order chi connectivity index (χ0) is 17.0. The van der Waals surface area contributed by atoms with Crippen molar-refractivity contribution in [2.45, 2.75) is 25.7 Å². The molecule has 6 nitrogen and oxygen atoms in total. The van der Waals surface area contributed by atoms with Crippen molar-refractivity contribution in [2.24, 2.45) is 10.7 Å². The number of nitrogens with zero attached hydrogens (tertiary/aromatic N) is 1. The van der Waals surface area contributed by atoms with E-state index in [2.05, 4.69) is 4.76 Å². The predicted molar refractivity (Wildman–Crippen MR) is 88.6 cm³/mol. The molecule has 7 heteroatoms. The van der Waals surface area contributed by atoms with Gasteiger partial charge in [0.2, 0.25) is 0 Å². The number of allylic oxidation sites excluding steroid dienone is 3. The fraction of sp³-hybridized carbons (Fsp3) is 0.312. The van der Waals surface area contributed by atoms with Gasteiger partial charge < -0.3 is 20.0 Å². The average molecular weight is 337 g/mol. The molecule has 2 atom stereocenters. The molecule has 0 heterocycles. The minimum Gasteiger partial charge on any atom is -0.508 e. The normalized spacial score (nSPS) is 21.3. The van der Waals surface area contributed by atoms with Gasteiger partial charge in [-0.3, -0.25) is 0 Å². The summed E-state index contributed by atoms with van der Waals surface area (Å²) in [5.74, 6) is 0.139. The van der Waals surface area contributed by atoms with Gasteiger partial charge in [0.25, 0.3) is 0 Å². The lowest BCUT2D eigenvalue weighted by Gasteiger charge is -2.19. The average Bonchev–Trinajstić information content (AvgIpc) is 2.46. The number of aromatic hydroxyl groups is 1. The van der Waals surface area contributed by atoms with Gasteiger partial charge in [-0.05, 0) is 54.7 Å². The molecule has 0 radical (unpaired) electrons. The summed E-state index contributed by atoms with van der Waals surface area (Å²) in [5.41, 5.74) is 1.34. The quantitative estimate of drug-likeness (QED) is 0.615. The molecule has 0 fully saturated rings. The molecule has 124 valence electrons. The van der Waals surface area contributed by atoms with E-state index < -0.39 is 7.75 Å². The van der Waals surface area contributed by atoms with Gasteiger partial charge in [-0.2, -0.15) is 4.76 Å². The molecular formula is C16H20NO5P. The SMILES string of the molecule is CC(CCC1C=C(O)C=C/C1=N\P(=O)(O)O)c1ccc(O)cc1. The van der Waals surface area contributed by atoms with Gasteiger partial charge in [0.1, 0.15) is 11.5 Å². The van der Waals surface area contributed by atoms with Crippen molar-refractivity contribution >= 4 is 13.5 Å². The molecule has 1 aliphatic carbocycles. The Labute approximate surface area is 134 Å². The maximum atomic E-state index is 11.1. The highest BCUT2D eigenvalue weighted by atomic mass is 31.2. The second-order valence-corrected chi connectivity index (χ2v) is 6.87. The lowest BCUT2D eigenvalue weighted by atomic mass is 9.87. The van der Waals surface area contributed by atoms with Gasteiger partial charge in [0.05, 0.1) is 5.71 Å². The lowest BCUT2D eigenvalue weighted by Crippen LogP contribution is -2.15. The van der Waals surface area contributed by atoms with E-state index in [9.17, 15) is 14.8 Å². The highest BCUT2D eigenvalue weighted by molar-refractivity contribution is 7.50. The van der Waals surface area contributed by atoms with Gasteiger partial charge >= 0.3 is 7.75 Å². The van der Waals surface area contributed by atoms with Gasteiger partial charge in [0.15, 0.2) is 0 Å². The number of rotatable bonds is 5. The van der Waals surface area contributed by atoms with E-state index >= 15 is 0 Å². The van der Waals surface area contributed by atoms with E-state index in [1.807, 2.05) is 19.1 Å². The van der Waals surface area contributed by atoms with E-state index in [4.69, 9.17) is 9.79 Å². The number of aliphatic hydroxyl groups is 1. The zero-order valence-corrected chi connectivity index (χ0v) is 13.6. The maximum absolute atomic E-state index is 11.1. The molecular weight excluding hydrogens is 317 g/mol. The van der Waals surface area contributed by atoms with Crippen LogP contribution in [0.4, 0.5) is 0 Å². The standard InChI is InChI=1S/C16H20NO5P/c1-11(12-4-6-14(18)7-5-12)2-3-13-10-15(19)8-9-16(13)17-23(20,21)22/h4-11,13,18-19H,2-3H2,1H3,(H2,20,21,22)/b17-16+. The molecule has 0 saturated carbocycles. The van der Waals surface area contributed by atoms with Crippen LogP contribution in [0, 0.1) is 5.92 Å². The Hall–Kier alpha value is -1.88. The van der Waals surface area contributed by atoms with Crippen LogP contribution in [-0.2, 0) is 4.57 Å². The van der Waals surface area contributed by atoms with Crippen molar-refractivity contribution in [1.29, 1.82) is 0 Å². The molecule has 0 amide bonds. The monoisotopic (exact) mass is 337 g/mol. The van der Waals surface area contributed by atoms with E-state index in [-0.39, 0.29) is 29.1 Å². The van der Waals surface area contributed by atoms with E-state index in [0.29, 0.717) is 6.42 Å². The number of phenols is 1.